The minimum atomic E-state index is -0.480. The lowest BCUT2D eigenvalue weighted by molar-refractivity contribution is -0.384. The molecule has 0 spiro atoms. The summed E-state index contributed by atoms with van der Waals surface area (Å²) in [5.74, 6) is -0.0826. The summed E-state index contributed by atoms with van der Waals surface area (Å²) < 4.78 is 0. The van der Waals surface area contributed by atoms with Gasteiger partial charge >= 0.3 is 0 Å². The van der Waals surface area contributed by atoms with Crippen molar-refractivity contribution in [3.05, 3.63) is 33.9 Å². The standard InChI is InChI=1S/C14H21N3O4/c1-10(9-18)4-3-7-16-12-8-11(14(19)15-2)5-6-13(12)17(20)21/h5-6,8,10,16,18H,3-4,7,9H2,1-2H3,(H,15,19). The predicted molar refractivity (Wildman–Crippen MR) is 80.5 cm³/mol. The number of hydrogen-bond donors (Lipinski definition) is 3. The molecule has 1 aromatic rings. The molecule has 1 atom stereocenters. The van der Waals surface area contributed by atoms with Crippen molar-refractivity contribution in [3.63, 3.8) is 0 Å². The Bertz CT molecular complexity index is 505. The lowest BCUT2D eigenvalue weighted by atomic mass is 10.1. The smallest absolute Gasteiger partial charge is 0.292 e. The van der Waals surface area contributed by atoms with Crippen LogP contribution >= 0.6 is 0 Å². The Morgan fingerprint density at radius 1 is 1.48 bits per heavy atom. The van der Waals surface area contributed by atoms with Crippen molar-refractivity contribution in [2.75, 3.05) is 25.5 Å². The summed E-state index contributed by atoms with van der Waals surface area (Å²) in [6.07, 6.45) is 1.61. The van der Waals surface area contributed by atoms with E-state index in [0.29, 0.717) is 17.8 Å². The zero-order chi connectivity index (χ0) is 15.8. The Balaban J connectivity index is 2.77. The summed E-state index contributed by atoms with van der Waals surface area (Å²) in [6, 6.07) is 4.23. The molecule has 1 unspecified atom stereocenters. The third-order valence-corrected chi connectivity index (χ3v) is 3.18. The van der Waals surface area contributed by atoms with Gasteiger partial charge < -0.3 is 15.7 Å². The van der Waals surface area contributed by atoms with E-state index >= 15 is 0 Å². The first kappa shape index (κ1) is 16.9. The normalized spacial score (nSPS) is 11.8. The number of nitrogens with zero attached hydrogens (tertiary/aromatic N) is 1. The van der Waals surface area contributed by atoms with Crippen LogP contribution in [0.5, 0.6) is 0 Å². The topological polar surface area (TPSA) is 104 Å². The fourth-order valence-corrected chi connectivity index (χ4v) is 1.89. The Morgan fingerprint density at radius 2 is 2.19 bits per heavy atom. The number of hydrogen-bond acceptors (Lipinski definition) is 5. The van der Waals surface area contributed by atoms with Crippen molar-refractivity contribution in [1.82, 2.24) is 5.32 Å². The zero-order valence-corrected chi connectivity index (χ0v) is 12.3. The third-order valence-electron chi connectivity index (χ3n) is 3.18. The third kappa shape index (κ3) is 5.03. The van der Waals surface area contributed by atoms with Crippen LogP contribution in [0.15, 0.2) is 18.2 Å². The molecule has 1 rings (SSSR count). The number of amides is 1. The summed E-state index contributed by atoms with van der Waals surface area (Å²) in [6.45, 7) is 2.61. The predicted octanol–water partition coefficient (Wildman–Crippen LogP) is 1.77. The van der Waals surface area contributed by atoms with Gasteiger partial charge in [-0.1, -0.05) is 6.92 Å². The molecule has 0 aliphatic carbocycles. The molecule has 1 amide bonds. The van der Waals surface area contributed by atoms with Gasteiger partial charge in [0, 0.05) is 31.8 Å². The molecule has 7 heteroatoms. The molecule has 0 heterocycles. The number of anilines is 1. The lowest BCUT2D eigenvalue weighted by Crippen LogP contribution is -2.18. The van der Waals surface area contributed by atoms with Crippen LogP contribution < -0.4 is 10.6 Å². The van der Waals surface area contributed by atoms with E-state index in [-0.39, 0.29) is 24.1 Å². The van der Waals surface area contributed by atoms with Crippen molar-refractivity contribution >= 4 is 17.3 Å². The van der Waals surface area contributed by atoms with Gasteiger partial charge in [-0.25, -0.2) is 0 Å². The van der Waals surface area contributed by atoms with Crippen molar-refractivity contribution in [2.24, 2.45) is 5.92 Å². The average Bonchev–Trinajstić information content (AvgIpc) is 2.49. The zero-order valence-electron chi connectivity index (χ0n) is 12.3. The van der Waals surface area contributed by atoms with Crippen LogP contribution in [0.4, 0.5) is 11.4 Å². The summed E-state index contributed by atoms with van der Waals surface area (Å²) in [4.78, 5) is 22.1. The van der Waals surface area contributed by atoms with E-state index in [1.54, 1.807) is 0 Å². The minimum absolute atomic E-state index is 0.0575. The number of carbonyl (C=O) groups excluding carboxylic acids is 1. The fourth-order valence-electron chi connectivity index (χ4n) is 1.89. The monoisotopic (exact) mass is 295 g/mol. The Labute approximate surface area is 123 Å². The van der Waals surface area contributed by atoms with Gasteiger partial charge in [0.1, 0.15) is 5.69 Å². The minimum Gasteiger partial charge on any atom is -0.396 e. The fraction of sp³-hybridized carbons (Fsp3) is 0.500. The number of rotatable bonds is 8. The first-order valence-electron chi connectivity index (χ1n) is 6.84. The number of nitro groups is 1. The van der Waals surface area contributed by atoms with Crippen LogP contribution in [0.2, 0.25) is 0 Å². The van der Waals surface area contributed by atoms with Crippen LogP contribution in [0, 0.1) is 16.0 Å². The molecule has 1 aromatic carbocycles. The van der Waals surface area contributed by atoms with Gasteiger partial charge in [-0.15, -0.1) is 0 Å². The highest BCUT2D eigenvalue weighted by Gasteiger charge is 2.16. The van der Waals surface area contributed by atoms with Gasteiger partial charge in [0.25, 0.3) is 11.6 Å². The first-order valence-corrected chi connectivity index (χ1v) is 6.84. The van der Waals surface area contributed by atoms with Crippen LogP contribution in [0.1, 0.15) is 30.1 Å². The summed E-state index contributed by atoms with van der Waals surface area (Å²) in [5, 5.41) is 25.4. The van der Waals surface area contributed by atoms with E-state index in [9.17, 15) is 14.9 Å². The average molecular weight is 295 g/mol. The number of benzene rings is 1. The summed E-state index contributed by atoms with van der Waals surface area (Å²) in [5.41, 5.74) is 0.643. The van der Waals surface area contributed by atoms with Crippen LogP contribution in [0.3, 0.4) is 0 Å². The van der Waals surface area contributed by atoms with Crippen LogP contribution in [-0.2, 0) is 0 Å². The second-order valence-electron chi connectivity index (χ2n) is 4.92. The molecular weight excluding hydrogens is 274 g/mol. The molecule has 0 saturated carbocycles. The molecule has 0 aliphatic rings. The van der Waals surface area contributed by atoms with Crippen molar-refractivity contribution in [1.29, 1.82) is 0 Å². The second-order valence-corrected chi connectivity index (χ2v) is 4.92. The van der Waals surface area contributed by atoms with Crippen LogP contribution in [0.25, 0.3) is 0 Å². The van der Waals surface area contributed by atoms with E-state index in [1.807, 2.05) is 6.92 Å². The number of nitrogens with one attached hydrogen (secondary N) is 2. The Morgan fingerprint density at radius 3 is 2.76 bits per heavy atom. The second kappa shape index (κ2) is 8.21. The van der Waals surface area contributed by atoms with Gasteiger partial charge in [0.15, 0.2) is 0 Å². The summed E-state index contributed by atoms with van der Waals surface area (Å²) in [7, 11) is 1.51. The Kier molecular flexibility index (Phi) is 6.61. The van der Waals surface area contributed by atoms with Crippen LogP contribution in [-0.4, -0.2) is 36.1 Å². The van der Waals surface area contributed by atoms with Gasteiger partial charge in [-0.2, -0.15) is 0 Å². The van der Waals surface area contributed by atoms with Crippen molar-refractivity contribution in [2.45, 2.75) is 19.8 Å². The number of carbonyl (C=O) groups is 1. The maximum atomic E-state index is 11.6. The quantitative estimate of drug-likeness (QED) is 0.385. The van der Waals surface area contributed by atoms with Crippen molar-refractivity contribution in [3.8, 4) is 0 Å². The van der Waals surface area contributed by atoms with E-state index in [0.717, 1.165) is 12.8 Å². The van der Waals surface area contributed by atoms with Gasteiger partial charge in [-0.05, 0) is 30.9 Å². The molecule has 0 aromatic heterocycles. The molecular formula is C14H21N3O4. The maximum Gasteiger partial charge on any atom is 0.292 e. The summed E-state index contributed by atoms with van der Waals surface area (Å²) >= 11 is 0. The SMILES string of the molecule is CNC(=O)c1ccc([N+](=O)[O-])c(NCCCC(C)CO)c1. The molecule has 0 fully saturated rings. The maximum absolute atomic E-state index is 11.6. The largest absolute Gasteiger partial charge is 0.396 e. The van der Waals surface area contributed by atoms with Crippen molar-refractivity contribution < 1.29 is 14.8 Å². The van der Waals surface area contributed by atoms with Gasteiger partial charge in [0.05, 0.1) is 4.92 Å². The van der Waals surface area contributed by atoms with E-state index < -0.39 is 4.92 Å². The van der Waals surface area contributed by atoms with E-state index in [1.165, 1.54) is 25.2 Å². The number of aliphatic hydroxyl groups excluding tert-OH is 1. The molecule has 3 N–H and O–H groups in total. The van der Waals surface area contributed by atoms with E-state index in [2.05, 4.69) is 10.6 Å². The molecule has 116 valence electrons. The molecule has 0 aliphatic heterocycles. The molecule has 7 nitrogen and oxygen atoms in total. The number of nitro benzene ring substituents is 1. The highest BCUT2D eigenvalue weighted by molar-refractivity contribution is 5.95. The van der Waals surface area contributed by atoms with Gasteiger partial charge in [-0.3, -0.25) is 14.9 Å². The number of aliphatic hydroxyl groups is 1. The lowest BCUT2D eigenvalue weighted by Gasteiger charge is -2.10. The molecule has 0 saturated heterocycles. The Hall–Kier alpha value is -2.15. The highest BCUT2D eigenvalue weighted by Crippen LogP contribution is 2.25. The molecule has 0 radical (unpaired) electrons. The van der Waals surface area contributed by atoms with Gasteiger partial charge in [0.2, 0.25) is 0 Å². The first-order chi connectivity index (χ1) is 9.99. The molecule has 21 heavy (non-hydrogen) atoms. The highest BCUT2D eigenvalue weighted by atomic mass is 16.6. The van der Waals surface area contributed by atoms with E-state index in [4.69, 9.17) is 5.11 Å². The molecule has 0 bridgehead atoms.